The summed E-state index contributed by atoms with van der Waals surface area (Å²) in [6.07, 6.45) is -7.32. The molecule has 0 aromatic carbocycles. The standard InChI is InChI=1S/C21H34O10/c1-20(2,28)12-11-9-5-4-8(21(9,3)17(26)16(12)31-18(11)27)7-29-19-15(25)14(24)13(23)10(6-22)30-19/h8-17,19,22-26,28H,4-7H2,1-3H3/t8-,9+,10-,11+,12-,13-,14+,15-,16+,17+,19-,21+/m1/s1. The molecule has 4 rings (SSSR count). The topological polar surface area (TPSA) is 166 Å². The number of hydrogen-bond acceptors (Lipinski definition) is 10. The molecule has 31 heavy (non-hydrogen) atoms. The van der Waals surface area contributed by atoms with Gasteiger partial charge in [0.05, 0.1) is 30.8 Å². The lowest BCUT2D eigenvalue weighted by Crippen LogP contribution is -2.61. The molecule has 4 aliphatic rings. The third-order valence-electron chi connectivity index (χ3n) is 8.28. The molecule has 0 aromatic rings. The van der Waals surface area contributed by atoms with Gasteiger partial charge in [0, 0.05) is 11.3 Å². The van der Waals surface area contributed by atoms with E-state index in [-0.39, 0.29) is 24.4 Å². The van der Waals surface area contributed by atoms with Crippen LogP contribution in [-0.4, -0.2) is 98.3 Å². The Morgan fingerprint density at radius 1 is 1.13 bits per heavy atom. The highest BCUT2D eigenvalue weighted by Crippen LogP contribution is 2.63. The fourth-order valence-electron chi connectivity index (χ4n) is 6.52. The van der Waals surface area contributed by atoms with Gasteiger partial charge >= 0.3 is 5.97 Å². The van der Waals surface area contributed by atoms with Crippen LogP contribution in [0, 0.1) is 29.1 Å². The van der Waals surface area contributed by atoms with Crippen LogP contribution in [0.2, 0.25) is 0 Å². The van der Waals surface area contributed by atoms with Crippen molar-refractivity contribution in [3.05, 3.63) is 0 Å². The number of rotatable bonds is 5. The van der Waals surface area contributed by atoms with E-state index in [2.05, 4.69) is 0 Å². The number of aliphatic hydroxyl groups is 6. The summed E-state index contributed by atoms with van der Waals surface area (Å²) in [5.41, 5.74) is -1.90. The molecule has 2 saturated heterocycles. The molecule has 6 N–H and O–H groups in total. The van der Waals surface area contributed by atoms with Crippen molar-refractivity contribution in [1.29, 1.82) is 0 Å². The maximum Gasteiger partial charge on any atom is 0.310 e. The minimum absolute atomic E-state index is 0.0769. The number of carbonyl (C=O) groups excluding carboxylic acids is 1. The van der Waals surface area contributed by atoms with E-state index in [4.69, 9.17) is 14.2 Å². The van der Waals surface area contributed by atoms with Crippen molar-refractivity contribution in [2.24, 2.45) is 29.1 Å². The largest absolute Gasteiger partial charge is 0.459 e. The van der Waals surface area contributed by atoms with E-state index < -0.39 is 72.4 Å². The number of esters is 1. The summed E-state index contributed by atoms with van der Waals surface area (Å²) in [4.78, 5) is 12.6. The minimum atomic E-state index is -1.53. The summed E-state index contributed by atoms with van der Waals surface area (Å²) in [5.74, 6) is -1.80. The number of hydrogen-bond donors (Lipinski definition) is 6. The molecule has 0 amide bonds. The van der Waals surface area contributed by atoms with Crippen molar-refractivity contribution in [1.82, 2.24) is 0 Å². The predicted molar refractivity (Wildman–Crippen MR) is 103 cm³/mol. The van der Waals surface area contributed by atoms with E-state index in [1.807, 2.05) is 6.92 Å². The van der Waals surface area contributed by atoms with Gasteiger partial charge in [-0.05, 0) is 38.5 Å². The molecule has 4 fully saturated rings. The molecule has 0 aromatic heterocycles. The van der Waals surface area contributed by atoms with Crippen molar-refractivity contribution >= 4 is 5.97 Å². The molecule has 0 unspecified atom stereocenters. The third-order valence-corrected chi connectivity index (χ3v) is 8.28. The molecule has 12 atom stereocenters. The van der Waals surface area contributed by atoms with Crippen LogP contribution in [-0.2, 0) is 19.0 Å². The smallest absolute Gasteiger partial charge is 0.310 e. The Kier molecular flexibility index (Phi) is 5.92. The van der Waals surface area contributed by atoms with Crippen molar-refractivity contribution in [2.45, 2.75) is 82.1 Å². The van der Waals surface area contributed by atoms with E-state index in [1.165, 1.54) is 0 Å². The number of carbonyl (C=O) groups is 1. The van der Waals surface area contributed by atoms with Gasteiger partial charge in [-0.2, -0.15) is 0 Å². The lowest BCUT2D eigenvalue weighted by atomic mass is 9.54. The van der Waals surface area contributed by atoms with Crippen LogP contribution in [0.4, 0.5) is 0 Å². The number of fused-ring (bicyclic) bond motifs is 4. The lowest BCUT2D eigenvalue weighted by Gasteiger charge is -2.51. The second kappa shape index (κ2) is 7.88. The molecule has 178 valence electrons. The zero-order valence-corrected chi connectivity index (χ0v) is 18.0. The first kappa shape index (κ1) is 23.3. The maximum atomic E-state index is 12.6. The fraction of sp³-hybridized carbons (Fsp3) is 0.952. The van der Waals surface area contributed by atoms with E-state index in [1.54, 1.807) is 13.8 Å². The SMILES string of the molecule is CC(C)(O)[C@H]1[C@@H]2OC(=O)[C@H]1[C@@H]1CC[C@H](CO[C@@H]3O[C@H](CO)[C@@H](O)[C@H](O)[C@H]3O)[C@]1(C)[C@H]2O. The van der Waals surface area contributed by atoms with E-state index in [0.717, 1.165) is 0 Å². The molecule has 0 radical (unpaired) electrons. The average molecular weight is 446 g/mol. The van der Waals surface area contributed by atoms with Gasteiger partial charge in [0.25, 0.3) is 0 Å². The van der Waals surface area contributed by atoms with Gasteiger partial charge in [0.1, 0.15) is 30.5 Å². The average Bonchev–Trinajstić information content (AvgIpc) is 3.20. The van der Waals surface area contributed by atoms with E-state index >= 15 is 0 Å². The summed E-state index contributed by atoms with van der Waals surface area (Å²) in [6.45, 7) is 4.69. The number of aliphatic hydroxyl groups excluding tert-OH is 5. The van der Waals surface area contributed by atoms with Crippen LogP contribution >= 0.6 is 0 Å². The summed E-state index contributed by atoms with van der Waals surface area (Å²) < 4.78 is 16.7. The first-order valence-electron chi connectivity index (χ1n) is 11.0. The maximum absolute atomic E-state index is 12.6. The van der Waals surface area contributed by atoms with Crippen molar-refractivity contribution in [3.8, 4) is 0 Å². The zero-order chi connectivity index (χ0) is 22.9. The normalized spacial score (nSPS) is 52.2. The summed E-state index contributed by atoms with van der Waals surface area (Å²) in [6, 6.07) is 0. The van der Waals surface area contributed by atoms with Crippen LogP contribution in [0.15, 0.2) is 0 Å². The van der Waals surface area contributed by atoms with Crippen LogP contribution < -0.4 is 0 Å². The Morgan fingerprint density at radius 3 is 2.42 bits per heavy atom. The van der Waals surface area contributed by atoms with E-state index in [9.17, 15) is 35.4 Å². The molecule has 0 spiro atoms. The van der Waals surface area contributed by atoms with Gasteiger partial charge in [0.2, 0.25) is 0 Å². The Bertz CT molecular complexity index is 692. The first-order chi connectivity index (χ1) is 14.4. The highest BCUT2D eigenvalue weighted by atomic mass is 16.7. The van der Waals surface area contributed by atoms with Gasteiger partial charge in [-0.15, -0.1) is 0 Å². The summed E-state index contributed by atoms with van der Waals surface area (Å²) in [5, 5.41) is 61.3. The Hall–Kier alpha value is -0.850. The Labute approximate surface area is 180 Å². The second-order valence-electron chi connectivity index (χ2n) is 10.3. The Balaban J connectivity index is 1.51. The summed E-state index contributed by atoms with van der Waals surface area (Å²) in [7, 11) is 0. The predicted octanol–water partition coefficient (Wildman–Crippen LogP) is -1.86. The summed E-state index contributed by atoms with van der Waals surface area (Å²) >= 11 is 0. The molecular weight excluding hydrogens is 412 g/mol. The first-order valence-corrected chi connectivity index (χ1v) is 11.0. The van der Waals surface area contributed by atoms with Gasteiger partial charge in [-0.3, -0.25) is 4.79 Å². The minimum Gasteiger partial charge on any atom is -0.459 e. The molecule has 2 saturated carbocycles. The Morgan fingerprint density at radius 2 is 1.81 bits per heavy atom. The molecule has 2 bridgehead atoms. The van der Waals surface area contributed by atoms with Crippen LogP contribution in [0.3, 0.4) is 0 Å². The van der Waals surface area contributed by atoms with Gasteiger partial charge in [-0.25, -0.2) is 0 Å². The molecule has 10 nitrogen and oxygen atoms in total. The number of ether oxygens (including phenoxy) is 3. The van der Waals surface area contributed by atoms with Gasteiger partial charge in [0.15, 0.2) is 6.29 Å². The van der Waals surface area contributed by atoms with Crippen LogP contribution in [0.1, 0.15) is 33.6 Å². The van der Waals surface area contributed by atoms with Crippen LogP contribution in [0.25, 0.3) is 0 Å². The van der Waals surface area contributed by atoms with Gasteiger partial charge in [-0.1, -0.05) is 6.92 Å². The highest BCUT2D eigenvalue weighted by molar-refractivity contribution is 5.77. The quantitative estimate of drug-likeness (QED) is 0.264. The lowest BCUT2D eigenvalue weighted by molar-refractivity contribution is -0.306. The molecule has 10 heteroatoms. The monoisotopic (exact) mass is 446 g/mol. The molecule has 2 heterocycles. The fourth-order valence-corrected chi connectivity index (χ4v) is 6.52. The van der Waals surface area contributed by atoms with Crippen molar-refractivity contribution < 1.29 is 49.6 Å². The third kappa shape index (κ3) is 3.43. The highest BCUT2D eigenvalue weighted by Gasteiger charge is 2.70. The van der Waals surface area contributed by atoms with E-state index in [0.29, 0.717) is 12.8 Å². The molecular formula is C21H34O10. The van der Waals surface area contributed by atoms with Gasteiger partial charge < -0.3 is 44.8 Å². The van der Waals surface area contributed by atoms with Crippen LogP contribution in [0.5, 0.6) is 0 Å². The zero-order valence-electron chi connectivity index (χ0n) is 18.0. The van der Waals surface area contributed by atoms with Crippen molar-refractivity contribution in [3.63, 3.8) is 0 Å². The molecule has 2 aliphatic heterocycles. The second-order valence-corrected chi connectivity index (χ2v) is 10.3. The van der Waals surface area contributed by atoms with Crippen molar-refractivity contribution in [2.75, 3.05) is 13.2 Å². The molecule has 2 aliphatic carbocycles.